The van der Waals surface area contributed by atoms with E-state index in [9.17, 15) is 0 Å². The molecule has 0 radical (unpaired) electrons. The minimum atomic E-state index is 0.464. The number of nitrogens with zero attached hydrogens (tertiary/aromatic N) is 2. The van der Waals surface area contributed by atoms with Crippen molar-refractivity contribution in [1.29, 1.82) is 0 Å². The van der Waals surface area contributed by atoms with E-state index >= 15 is 0 Å². The van der Waals surface area contributed by atoms with Gasteiger partial charge in [0.15, 0.2) is 11.4 Å². The van der Waals surface area contributed by atoms with E-state index in [4.69, 9.17) is 13.1 Å². The predicted octanol–water partition coefficient (Wildman–Crippen LogP) is 4.36. The van der Waals surface area contributed by atoms with Crippen LogP contribution in [-0.4, -0.2) is 0 Å². The average molecular weight is 216 g/mol. The van der Waals surface area contributed by atoms with Gasteiger partial charge in [0.05, 0.1) is 13.1 Å². The highest BCUT2D eigenvalue weighted by molar-refractivity contribution is 5.88. The molecule has 0 heterocycles. The fourth-order valence-electron chi connectivity index (χ4n) is 2.40. The minimum Gasteiger partial charge on any atom is -0.250 e. The first-order valence-electron chi connectivity index (χ1n) is 5.34. The maximum absolute atomic E-state index is 7.25. The Morgan fingerprint density at radius 2 is 1.71 bits per heavy atom. The van der Waals surface area contributed by atoms with E-state index < -0.39 is 0 Å². The van der Waals surface area contributed by atoms with E-state index in [1.54, 1.807) is 6.07 Å². The summed E-state index contributed by atoms with van der Waals surface area (Å²) in [6.45, 7) is 14.3. The number of hydrogen-bond acceptors (Lipinski definition) is 0. The molecule has 0 unspecified atom stereocenters. The monoisotopic (exact) mass is 216 g/mol. The van der Waals surface area contributed by atoms with Crippen molar-refractivity contribution in [3.8, 4) is 11.1 Å². The van der Waals surface area contributed by atoms with Gasteiger partial charge in [0.25, 0.3) is 0 Å². The van der Waals surface area contributed by atoms with Gasteiger partial charge in [-0.05, 0) is 28.7 Å². The van der Waals surface area contributed by atoms with Crippen molar-refractivity contribution < 1.29 is 0 Å². The van der Waals surface area contributed by atoms with Crippen LogP contribution in [-0.2, 0) is 6.42 Å². The van der Waals surface area contributed by atoms with Crippen LogP contribution in [0.1, 0.15) is 11.1 Å². The topological polar surface area (TPSA) is 8.72 Å². The quantitative estimate of drug-likeness (QED) is 0.494. The fraction of sp³-hybridized carbons (Fsp3) is 0.0667. The lowest BCUT2D eigenvalue weighted by Gasteiger charge is -2.03. The maximum Gasteiger partial charge on any atom is 0.198 e. The predicted molar refractivity (Wildman–Crippen MR) is 67.2 cm³/mol. The molecule has 0 atom stereocenters. The Morgan fingerprint density at radius 3 is 2.47 bits per heavy atom. The van der Waals surface area contributed by atoms with Crippen molar-refractivity contribution >= 4 is 11.4 Å². The Labute approximate surface area is 99.8 Å². The molecule has 0 aliphatic heterocycles. The molecule has 0 bridgehead atoms. The van der Waals surface area contributed by atoms with Crippen molar-refractivity contribution in [1.82, 2.24) is 0 Å². The number of rotatable bonds is 0. The summed E-state index contributed by atoms with van der Waals surface area (Å²) < 4.78 is 0. The Hall–Kier alpha value is -2.58. The Morgan fingerprint density at radius 1 is 0.882 bits per heavy atom. The molecule has 0 amide bonds. The van der Waals surface area contributed by atoms with Gasteiger partial charge in [-0.3, -0.25) is 4.85 Å². The summed E-state index contributed by atoms with van der Waals surface area (Å²) >= 11 is 0. The van der Waals surface area contributed by atoms with Crippen LogP contribution < -0.4 is 0 Å². The van der Waals surface area contributed by atoms with Gasteiger partial charge in [-0.25, -0.2) is 4.85 Å². The molecular formula is C15H8N2. The van der Waals surface area contributed by atoms with Gasteiger partial charge < -0.3 is 0 Å². The summed E-state index contributed by atoms with van der Waals surface area (Å²) in [5, 5.41) is 0. The third-order valence-corrected chi connectivity index (χ3v) is 3.17. The molecule has 0 spiro atoms. The highest BCUT2D eigenvalue weighted by Crippen LogP contribution is 2.45. The lowest BCUT2D eigenvalue weighted by atomic mass is 10.0. The molecule has 2 nitrogen and oxygen atoms in total. The van der Waals surface area contributed by atoms with Crippen molar-refractivity contribution in [2.45, 2.75) is 6.42 Å². The molecule has 1 aliphatic rings. The zero-order valence-electron chi connectivity index (χ0n) is 9.07. The SMILES string of the molecule is [C-]#[N+]c1ccc2c(c1[N+]#[C-])Cc1ccccc1-2. The van der Waals surface area contributed by atoms with E-state index in [0.29, 0.717) is 11.4 Å². The largest absolute Gasteiger partial charge is 0.250 e. The molecule has 0 N–H and O–H groups in total. The van der Waals surface area contributed by atoms with Gasteiger partial charge in [0.1, 0.15) is 0 Å². The van der Waals surface area contributed by atoms with Crippen molar-refractivity contribution in [2.24, 2.45) is 0 Å². The average Bonchev–Trinajstić information content (AvgIpc) is 2.75. The van der Waals surface area contributed by atoms with Gasteiger partial charge >= 0.3 is 0 Å². The molecule has 0 fully saturated rings. The van der Waals surface area contributed by atoms with Gasteiger partial charge in [-0.15, -0.1) is 0 Å². The van der Waals surface area contributed by atoms with Gasteiger partial charge in [-0.2, -0.15) is 0 Å². The van der Waals surface area contributed by atoms with Gasteiger partial charge in [0, 0.05) is 0 Å². The normalized spacial score (nSPS) is 11.2. The maximum atomic E-state index is 7.25. The third kappa shape index (κ3) is 1.25. The van der Waals surface area contributed by atoms with E-state index in [-0.39, 0.29) is 0 Å². The zero-order chi connectivity index (χ0) is 11.8. The van der Waals surface area contributed by atoms with Crippen molar-refractivity contribution in [2.75, 3.05) is 0 Å². The molecular weight excluding hydrogens is 208 g/mol. The second kappa shape index (κ2) is 3.47. The second-order valence-electron chi connectivity index (χ2n) is 4.02. The summed E-state index contributed by atoms with van der Waals surface area (Å²) in [4.78, 5) is 6.95. The van der Waals surface area contributed by atoms with E-state index in [1.807, 2.05) is 18.2 Å². The standard InChI is InChI=1S/C15H8N2/c1-16-14-8-7-12-11-6-4-3-5-10(11)9-13(12)15(14)17-2/h3-8H,9H2. The Kier molecular flexibility index (Phi) is 1.97. The number of hydrogen-bond donors (Lipinski definition) is 0. The first-order chi connectivity index (χ1) is 8.35. The highest BCUT2D eigenvalue weighted by Gasteiger charge is 2.22. The van der Waals surface area contributed by atoms with Crippen LogP contribution in [0.15, 0.2) is 36.4 Å². The summed E-state index contributed by atoms with van der Waals surface area (Å²) in [7, 11) is 0. The lowest BCUT2D eigenvalue weighted by Crippen LogP contribution is -1.80. The minimum absolute atomic E-state index is 0.464. The highest BCUT2D eigenvalue weighted by atomic mass is 14.8. The molecule has 78 valence electrons. The molecule has 2 heteroatoms. The number of fused-ring (bicyclic) bond motifs is 3. The molecule has 0 saturated carbocycles. The van der Waals surface area contributed by atoms with Crippen LogP contribution in [0.2, 0.25) is 0 Å². The Balaban J connectivity index is 2.33. The van der Waals surface area contributed by atoms with Crippen molar-refractivity contribution in [3.05, 3.63) is 70.4 Å². The summed E-state index contributed by atoms with van der Waals surface area (Å²) in [5.74, 6) is 0. The third-order valence-electron chi connectivity index (χ3n) is 3.17. The summed E-state index contributed by atoms with van der Waals surface area (Å²) in [6, 6.07) is 11.9. The molecule has 3 rings (SSSR count). The van der Waals surface area contributed by atoms with Gasteiger partial charge in [0.2, 0.25) is 0 Å². The van der Waals surface area contributed by atoms with Crippen LogP contribution in [0.3, 0.4) is 0 Å². The van der Waals surface area contributed by atoms with Crippen molar-refractivity contribution in [3.63, 3.8) is 0 Å². The molecule has 0 aromatic heterocycles. The second-order valence-corrected chi connectivity index (χ2v) is 4.02. The van der Waals surface area contributed by atoms with E-state index in [1.165, 1.54) is 11.1 Å². The fourth-order valence-corrected chi connectivity index (χ4v) is 2.40. The molecule has 0 saturated heterocycles. The lowest BCUT2D eigenvalue weighted by molar-refractivity contribution is 1.27. The first kappa shape index (κ1) is 9.63. The summed E-state index contributed by atoms with van der Waals surface area (Å²) in [5.41, 5.74) is 5.55. The Bertz CT molecular complexity index is 700. The van der Waals surface area contributed by atoms with Crippen LogP contribution in [0.25, 0.3) is 20.8 Å². The van der Waals surface area contributed by atoms with Gasteiger partial charge in [-0.1, -0.05) is 36.4 Å². The van der Waals surface area contributed by atoms with E-state index in [2.05, 4.69) is 21.8 Å². The number of benzene rings is 2. The van der Waals surface area contributed by atoms with E-state index in [0.717, 1.165) is 17.5 Å². The van der Waals surface area contributed by atoms with Crippen LogP contribution in [0.4, 0.5) is 11.4 Å². The molecule has 2 aromatic carbocycles. The molecule has 17 heavy (non-hydrogen) atoms. The van der Waals surface area contributed by atoms with Crippen LogP contribution in [0, 0.1) is 13.1 Å². The zero-order valence-corrected chi connectivity index (χ0v) is 9.07. The summed E-state index contributed by atoms with van der Waals surface area (Å²) in [6.07, 6.45) is 0.770. The van der Waals surface area contributed by atoms with Crippen LogP contribution >= 0.6 is 0 Å². The molecule has 1 aliphatic carbocycles. The van der Waals surface area contributed by atoms with Crippen LogP contribution in [0.5, 0.6) is 0 Å². The smallest absolute Gasteiger partial charge is 0.198 e. The molecule has 2 aromatic rings. The first-order valence-corrected chi connectivity index (χ1v) is 5.34.